The molecule has 0 saturated heterocycles. The number of hydrogen-bond donors (Lipinski definition) is 0. The Morgan fingerprint density at radius 1 is 1.10 bits per heavy atom. The van der Waals surface area contributed by atoms with Gasteiger partial charge in [0.15, 0.2) is 0 Å². The van der Waals surface area contributed by atoms with Crippen LogP contribution >= 0.6 is 11.2 Å². The van der Waals surface area contributed by atoms with Gasteiger partial charge >= 0.3 is 0 Å². The Kier molecular flexibility index (Phi) is 2.57. The molecule has 54 valence electrons. The lowest BCUT2D eigenvalue weighted by Gasteiger charge is -2.00. The summed E-state index contributed by atoms with van der Waals surface area (Å²) in [4.78, 5) is 1.42. The van der Waals surface area contributed by atoms with E-state index in [1.807, 2.05) is 11.2 Å². The highest BCUT2D eigenvalue weighted by Gasteiger charge is 1.91. The van der Waals surface area contributed by atoms with Gasteiger partial charge in [-0.3, -0.25) is 0 Å². The third kappa shape index (κ3) is 1.89. The molecule has 0 amide bonds. The van der Waals surface area contributed by atoms with Crippen LogP contribution in [0.5, 0.6) is 0 Å². The van der Waals surface area contributed by atoms with E-state index >= 15 is 0 Å². The van der Waals surface area contributed by atoms with Crippen LogP contribution in [0.1, 0.15) is 11.1 Å². The highest BCUT2D eigenvalue weighted by Crippen LogP contribution is 2.17. The van der Waals surface area contributed by atoms with Gasteiger partial charge in [0, 0.05) is 4.90 Å². The molecule has 0 spiro atoms. The minimum Gasteiger partial charge on any atom is -0.164 e. The second-order valence-corrected chi connectivity index (χ2v) is 4.63. The van der Waals surface area contributed by atoms with Crippen molar-refractivity contribution in [2.24, 2.45) is 0 Å². The Bertz CT molecular complexity index is 212. The fourth-order valence-corrected chi connectivity index (χ4v) is 2.37. The third-order valence-electron chi connectivity index (χ3n) is 1.43. The van der Waals surface area contributed by atoms with Crippen molar-refractivity contribution in [1.82, 2.24) is 0 Å². The van der Waals surface area contributed by atoms with Gasteiger partial charge in [-0.05, 0) is 37.1 Å². The van der Waals surface area contributed by atoms with Gasteiger partial charge in [-0.2, -0.15) is 11.2 Å². The molecular formula is C8H12SSi. The molecule has 0 N–H and O–H groups in total. The minimum atomic E-state index is 1.19. The molecule has 0 fully saturated rings. The van der Waals surface area contributed by atoms with E-state index < -0.39 is 0 Å². The summed E-state index contributed by atoms with van der Waals surface area (Å²) in [5.41, 5.74) is 2.75. The molecule has 0 aliphatic carbocycles. The lowest BCUT2D eigenvalue weighted by atomic mass is 10.2. The van der Waals surface area contributed by atoms with E-state index in [9.17, 15) is 0 Å². The van der Waals surface area contributed by atoms with E-state index in [2.05, 4.69) is 32.0 Å². The first-order chi connectivity index (χ1) is 4.72. The fourth-order valence-electron chi connectivity index (χ4n) is 1.05. The smallest absolute Gasteiger partial charge is 0.0758 e. The molecule has 0 atom stereocenters. The van der Waals surface area contributed by atoms with E-state index in [1.165, 1.54) is 25.4 Å². The predicted molar refractivity (Wildman–Crippen MR) is 51.7 cm³/mol. The van der Waals surface area contributed by atoms with E-state index in [-0.39, 0.29) is 0 Å². The highest BCUT2D eigenvalue weighted by molar-refractivity contribution is 8.19. The molecule has 0 bridgehead atoms. The first-order valence-corrected chi connectivity index (χ1v) is 7.02. The van der Waals surface area contributed by atoms with E-state index in [0.29, 0.717) is 0 Å². The number of benzene rings is 1. The van der Waals surface area contributed by atoms with Gasteiger partial charge in [0.2, 0.25) is 0 Å². The van der Waals surface area contributed by atoms with Crippen molar-refractivity contribution in [1.29, 1.82) is 0 Å². The molecule has 0 saturated carbocycles. The Labute approximate surface area is 69.1 Å². The molecule has 0 radical (unpaired) electrons. The molecule has 0 nitrogen and oxygen atoms in total. The van der Waals surface area contributed by atoms with E-state index in [4.69, 9.17) is 0 Å². The second-order valence-electron chi connectivity index (χ2n) is 2.53. The first-order valence-electron chi connectivity index (χ1n) is 3.34. The van der Waals surface area contributed by atoms with E-state index in [0.717, 1.165) is 0 Å². The maximum Gasteiger partial charge on any atom is 0.0758 e. The average molecular weight is 168 g/mol. The summed E-state index contributed by atoms with van der Waals surface area (Å²) in [6.45, 7) is 4.29. The third-order valence-corrected chi connectivity index (χ3v) is 3.55. The van der Waals surface area contributed by atoms with Gasteiger partial charge in [-0.25, -0.2) is 0 Å². The van der Waals surface area contributed by atoms with Crippen LogP contribution in [0, 0.1) is 13.8 Å². The van der Waals surface area contributed by atoms with Crippen LogP contribution in [0.15, 0.2) is 23.1 Å². The van der Waals surface area contributed by atoms with Crippen molar-refractivity contribution >= 4 is 20.6 Å². The normalized spacial score (nSPS) is 10.2. The summed E-state index contributed by atoms with van der Waals surface area (Å²) in [6, 6.07) is 6.69. The zero-order chi connectivity index (χ0) is 7.56. The zero-order valence-electron chi connectivity index (χ0n) is 6.64. The van der Waals surface area contributed by atoms with Crippen molar-refractivity contribution in [3.05, 3.63) is 29.3 Å². The summed E-state index contributed by atoms with van der Waals surface area (Å²) >= 11 is 1.94. The Balaban J connectivity index is 3.06. The Hall–Kier alpha value is -0.213. The van der Waals surface area contributed by atoms with Gasteiger partial charge in [0.1, 0.15) is 0 Å². The molecule has 1 aromatic carbocycles. The van der Waals surface area contributed by atoms with Gasteiger partial charge in [-0.1, -0.05) is 6.07 Å². The number of aryl methyl sites for hydroxylation is 2. The molecule has 0 unspecified atom stereocenters. The first kappa shape index (κ1) is 7.89. The van der Waals surface area contributed by atoms with Crippen molar-refractivity contribution in [3.8, 4) is 0 Å². The maximum absolute atomic E-state index is 2.24. The van der Waals surface area contributed by atoms with Crippen LogP contribution in [0.25, 0.3) is 0 Å². The van der Waals surface area contributed by atoms with Gasteiger partial charge in [-0.15, -0.1) is 0 Å². The molecule has 1 rings (SSSR count). The molecule has 1 aromatic rings. The molecule has 0 heterocycles. The maximum atomic E-state index is 2.24. The lowest BCUT2D eigenvalue weighted by Crippen LogP contribution is -1.78. The highest BCUT2D eigenvalue weighted by atomic mass is 32.4. The summed E-state index contributed by atoms with van der Waals surface area (Å²) in [5.74, 6) is 0. The minimum absolute atomic E-state index is 1.19. The monoisotopic (exact) mass is 168 g/mol. The molecule has 10 heavy (non-hydrogen) atoms. The van der Waals surface area contributed by atoms with Gasteiger partial charge in [0.05, 0.1) is 9.39 Å². The average Bonchev–Trinajstić information content (AvgIpc) is 1.85. The van der Waals surface area contributed by atoms with Crippen LogP contribution in [-0.4, -0.2) is 9.39 Å². The second kappa shape index (κ2) is 3.26. The van der Waals surface area contributed by atoms with Crippen LogP contribution in [-0.2, 0) is 0 Å². The molecular weight excluding hydrogens is 156 g/mol. The Morgan fingerprint density at radius 2 is 1.60 bits per heavy atom. The van der Waals surface area contributed by atoms with Crippen molar-refractivity contribution in [2.45, 2.75) is 18.7 Å². The zero-order valence-corrected chi connectivity index (χ0v) is 9.46. The van der Waals surface area contributed by atoms with Gasteiger partial charge in [0.25, 0.3) is 0 Å². The largest absolute Gasteiger partial charge is 0.164 e. The summed E-state index contributed by atoms with van der Waals surface area (Å²) in [6.07, 6.45) is 0. The predicted octanol–water partition coefficient (Wildman–Crippen LogP) is 1.68. The van der Waals surface area contributed by atoms with E-state index in [1.54, 1.807) is 0 Å². The standard InChI is InChI=1S/C8H12SSi/c1-6-3-7(2)5-8(4-6)9-10/h3-5H,1-2,10H3. The SMILES string of the molecule is Cc1cc(C)cc(S[SiH3])c1. The van der Waals surface area contributed by atoms with Crippen LogP contribution < -0.4 is 0 Å². The molecule has 0 aromatic heterocycles. The molecule has 0 aliphatic heterocycles. The number of hydrogen-bond acceptors (Lipinski definition) is 1. The van der Waals surface area contributed by atoms with Crippen molar-refractivity contribution in [2.75, 3.05) is 0 Å². The fraction of sp³-hybridized carbons (Fsp3) is 0.250. The van der Waals surface area contributed by atoms with Crippen LogP contribution in [0.2, 0.25) is 0 Å². The topological polar surface area (TPSA) is 0 Å². The van der Waals surface area contributed by atoms with Crippen molar-refractivity contribution in [3.63, 3.8) is 0 Å². The number of rotatable bonds is 1. The van der Waals surface area contributed by atoms with Crippen LogP contribution in [0.3, 0.4) is 0 Å². The Morgan fingerprint density at radius 3 is 2.00 bits per heavy atom. The molecule has 0 aliphatic rings. The quantitative estimate of drug-likeness (QED) is 0.575. The van der Waals surface area contributed by atoms with Crippen LogP contribution in [0.4, 0.5) is 0 Å². The lowest BCUT2D eigenvalue weighted by molar-refractivity contribution is 1.30. The van der Waals surface area contributed by atoms with Gasteiger partial charge < -0.3 is 0 Å². The van der Waals surface area contributed by atoms with Crippen molar-refractivity contribution < 1.29 is 0 Å². The summed E-state index contributed by atoms with van der Waals surface area (Å²) < 4.78 is 0. The molecule has 2 heteroatoms. The summed E-state index contributed by atoms with van der Waals surface area (Å²) in [7, 11) is 1.19. The summed E-state index contributed by atoms with van der Waals surface area (Å²) in [5, 5.41) is 0.